The number of nitro groups is 2. The number of hydrogen-bond acceptors (Lipinski definition) is 8. The van der Waals surface area contributed by atoms with Gasteiger partial charge in [-0.25, -0.2) is 0 Å². The second kappa shape index (κ2) is 10.7. The smallest absolute Gasteiger partial charge is 0.311 e. The van der Waals surface area contributed by atoms with Gasteiger partial charge in [0.25, 0.3) is 0 Å². The third-order valence-electron chi connectivity index (χ3n) is 4.48. The molecule has 0 aliphatic carbocycles. The van der Waals surface area contributed by atoms with Gasteiger partial charge in [0.1, 0.15) is 11.5 Å². The minimum absolute atomic E-state index is 0.127. The van der Waals surface area contributed by atoms with E-state index in [0.717, 1.165) is 9.79 Å². The zero-order chi connectivity index (χ0) is 23.9. The molecule has 0 unspecified atom stereocenters. The molecule has 0 N–H and O–H groups in total. The highest BCUT2D eigenvalue weighted by Crippen LogP contribution is 2.47. The maximum Gasteiger partial charge on any atom is 0.311 e. The van der Waals surface area contributed by atoms with Gasteiger partial charge in [-0.05, 0) is 58.0 Å². The van der Waals surface area contributed by atoms with Crippen LogP contribution in [0.4, 0.5) is 11.4 Å². The first-order chi connectivity index (χ1) is 16.5. The molecule has 0 saturated carbocycles. The van der Waals surface area contributed by atoms with Gasteiger partial charge >= 0.3 is 11.4 Å². The molecule has 0 bridgehead atoms. The van der Waals surface area contributed by atoms with Crippen LogP contribution in [0.25, 0.3) is 0 Å². The molecule has 4 aromatic rings. The Morgan fingerprint density at radius 3 is 1.21 bits per heavy atom. The van der Waals surface area contributed by atoms with Crippen LogP contribution in [-0.4, -0.2) is 9.85 Å². The molecule has 0 spiro atoms. The maximum absolute atomic E-state index is 11.3. The van der Waals surface area contributed by atoms with E-state index in [1.54, 1.807) is 60.7 Å². The minimum atomic E-state index is -0.490. The van der Waals surface area contributed by atoms with E-state index in [9.17, 15) is 20.2 Å². The lowest BCUT2D eigenvalue weighted by Gasteiger charge is -2.12. The van der Waals surface area contributed by atoms with Gasteiger partial charge in [0.05, 0.1) is 19.6 Å². The third-order valence-corrected chi connectivity index (χ3v) is 6.93. The van der Waals surface area contributed by atoms with Crippen molar-refractivity contribution in [1.82, 2.24) is 0 Å². The standard InChI is InChI=1S/C24H16N2O6S2/c27-25(28)17-9-1-3-11-19(17)31-21-13-5-7-15-23(21)33-34-24-16-8-6-14-22(24)32-20-12-4-2-10-18(20)26(29)30/h1-16H. The van der Waals surface area contributed by atoms with Crippen LogP contribution in [0.2, 0.25) is 0 Å². The lowest BCUT2D eigenvalue weighted by atomic mass is 10.3. The van der Waals surface area contributed by atoms with Crippen LogP contribution in [0.5, 0.6) is 23.0 Å². The van der Waals surface area contributed by atoms with E-state index in [1.165, 1.54) is 33.7 Å². The molecule has 0 fully saturated rings. The van der Waals surface area contributed by atoms with Crippen molar-refractivity contribution in [1.29, 1.82) is 0 Å². The zero-order valence-corrected chi connectivity index (χ0v) is 19.0. The highest BCUT2D eigenvalue weighted by Gasteiger charge is 2.18. The predicted octanol–water partition coefficient (Wildman–Crippen LogP) is 7.89. The van der Waals surface area contributed by atoms with E-state index in [2.05, 4.69) is 0 Å². The minimum Gasteiger partial charge on any atom is -0.449 e. The normalized spacial score (nSPS) is 10.5. The molecule has 10 heteroatoms. The van der Waals surface area contributed by atoms with Crippen LogP contribution >= 0.6 is 21.6 Å². The second-order valence-corrected chi connectivity index (χ2v) is 8.93. The highest BCUT2D eigenvalue weighted by atomic mass is 33.1. The molecule has 4 aromatic carbocycles. The molecule has 4 rings (SSSR count). The number of benzene rings is 4. The summed E-state index contributed by atoms with van der Waals surface area (Å²) in [5.74, 6) is 1.22. The van der Waals surface area contributed by atoms with Gasteiger partial charge in [0.2, 0.25) is 11.5 Å². The number of ether oxygens (including phenoxy) is 2. The average Bonchev–Trinajstić information content (AvgIpc) is 2.85. The summed E-state index contributed by atoms with van der Waals surface area (Å²) in [6.07, 6.45) is 0. The molecule has 0 aliphatic heterocycles. The fraction of sp³-hybridized carbons (Fsp3) is 0. The summed E-state index contributed by atoms with van der Waals surface area (Å²) in [5.41, 5.74) is -0.253. The zero-order valence-electron chi connectivity index (χ0n) is 17.4. The Morgan fingerprint density at radius 1 is 0.500 bits per heavy atom. The number of hydrogen-bond donors (Lipinski definition) is 0. The van der Waals surface area contributed by atoms with E-state index < -0.39 is 9.85 Å². The van der Waals surface area contributed by atoms with E-state index in [4.69, 9.17) is 9.47 Å². The topological polar surface area (TPSA) is 105 Å². The van der Waals surface area contributed by atoms with Crippen LogP contribution in [0.15, 0.2) is 107 Å². The maximum atomic E-state index is 11.3. The summed E-state index contributed by atoms with van der Waals surface area (Å²) in [5, 5.41) is 22.6. The molecule has 170 valence electrons. The Balaban J connectivity index is 1.55. The molecule has 0 atom stereocenters. The summed E-state index contributed by atoms with van der Waals surface area (Å²) in [7, 11) is 2.75. The Kier molecular flexibility index (Phi) is 7.31. The van der Waals surface area contributed by atoms with Crippen LogP contribution in [0, 0.1) is 20.2 Å². The third kappa shape index (κ3) is 5.48. The monoisotopic (exact) mass is 492 g/mol. The molecule has 0 amide bonds. The van der Waals surface area contributed by atoms with Crippen molar-refractivity contribution in [3.63, 3.8) is 0 Å². The van der Waals surface area contributed by atoms with Gasteiger partial charge in [0, 0.05) is 12.1 Å². The lowest BCUT2D eigenvalue weighted by molar-refractivity contribution is -0.385. The summed E-state index contributed by atoms with van der Waals surface area (Å²) in [4.78, 5) is 23.1. The molecule has 0 heterocycles. The van der Waals surface area contributed by atoms with Gasteiger partial charge in [-0.2, -0.15) is 0 Å². The van der Waals surface area contributed by atoms with Gasteiger partial charge in [0.15, 0.2) is 0 Å². The van der Waals surface area contributed by atoms with Crippen molar-refractivity contribution < 1.29 is 19.3 Å². The average molecular weight is 493 g/mol. The summed E-state index contributed by atoms with van der Waals surface area (Å²) < 4.78 is 11.8. The molecule has 34 heavy (non-hydrogen) atoms. The SMILES string of the molecule is O=[N+]([O-])c1ccccc1Oc1ccccc1SSc1ccccc1Oc1ccccc1[N+](=O)[O-]. The van der Waals surface area contributed by atoms with E-state index >= 15 is 0 Å². The summed E-state index contributed by atoms with van der Waals surface area (Å²) in [6.45, 7) is 0. The second-order valence-electron chi connectivity index (χ2n) is 6.71. The number of para-hydroxylation sites is 6. The quantitative estimate of drug-likeness (QED) is 0.132. The van der Waals surface area contributed by atoms with Crippen molar-refractivity contribution in [2.45, 2.75) is 9.79 Å². The Hall–Kier alpha value is -4.02. The molecule has 0 aliphatic rings. The fourth-order valence-electron chi connectivity index (χ4n) is 2.92. The lowest BCUT2D eigenvalue weighted by Crippen LogP contribution is -1.94. The van der Waals surface area contributed by atoms with Crippen LogP contribution in [0.1, 0.15) is 0 Å². The van der Waals surface area contributed by atoms with Crippen molar-refractivity contribution in [2.75, 3.05) is 0 Å². The first-order valence-electron chi connectivity index (χ1n) is 9.88. The number of rotatable bonds is 9. The van der Waals surface area contributed by atoms with E-state index in [-0.39, 0.29) is 22.9 Å². The molecule has 8 nitrogen and oxygen atoms in total. The van der Waals surface area contributed by atoms with Crippen molar-refractivity contribution >= 4 is 33.0 Å². The number of nitro benzene ring substituents is 2. The van der Waals surface area contributed by atoms with Crippen LogP contribution in [0.3, 0.4) is 0 Å². The Labute approximate surface area is 202 Å². The molecule has 0 radical (unpaired) electrons. The molecular formula is C24H16N2O6S2. The van der Waals surface area contributed by atoms with Gasteiger partial charge < -0.3 is 9.47 Å². The van der Waals surface area contributed by atoms with Crippen LogP contribution in [-0.2, 0) is 0 Å². The van der Waals surface area contributed by atoms with E-state index in [1.807, 2.05) is 24.3 Å². The van der Waals surface area contributed by atoms with Crippen LogP contribution < -0.4 is 9.47 Å². The van der Waals surface area contributed by atoms with Crippen molar-refractivity contribution in [3.05, 3.63) is 117 Å². The highest BCUT2D eigenvalue weighted by molar-refractivity contribution is 8.76. The molecule has 0 saturated heterocycles. The summed E-state index contributed by atoms with van der Waals surface area (Å²) >= 11 is 0. The van der Waals surface area contributed by atoms with Gasteiger partial charge in [-0.3, -0.25) is 20.2 Å². The van der Waals surface area contributed by atoms with Crippen molar-refractivity contribution in [3.8, 4) is 23.0 Å². The van der Waals surface area contributed by atoms with Crippen molar-refractivity contribution in [2.24, 2.45) is 0 Å². The Morgan fingerprint density at radius 2 is 0.824 bits per heavy atom. The van der Waals surface area contributed by atoms with Gasteiger partial charge in [-0.15, -0.1) is 0 Å². The first-order valence-corrected chi connectivity index (χ1v) is 12.0. The van der Waals surface area contributed by atoms with E-state index in [0.29, 0.717) is 11.5 Å². The molecular weight excluding hydrogens is 476 g/mol. The number of nitrogens with zero attached hydrogens (tertiary/aromatic N) is 2. The Bertz CT molecular complexity index is 1250. The summed E-state index contributed by atoms with van der Waals surface area (Å²) in [6, 6.07) is 26.7. The molecule has 0 aromatic heterocycles. The first kappa shape index (κ1) is 23.1. The predicted molar refractivity (Wildman–Crippen MR) is 131 cm³/mol. The fourth-order valence-corrected chi connectivity index (χ4v) is 5.12. The van der Waals surface area contributed by atoms with Gasteiger partial charge in [-0.1, -0.05) is 48.5 Å². The largest absolute Gasteiger partial charge is 0.449 e.